The Morgan fingerprint density at radius 2 is 1.66 bits per heavy atom. The minimum atomic E-state index is -3.39. The van der Waals surface area contributed by atoms with E-state index in [1.54, 1.807) is 18.5 Å². The van der Waals surface area contributed by atoms with Crippen LogP contribution in [-0.4, -0.2) is 34.8 Å². The molecule has 2 aromatic carbocycles. The Hall–Kier alpha value is -4.29. The fourth-order valence-electron chi connectivity index (χ4n) is 4.01. The van der Waals surface area contributed by atoms with Gasteiger partial charge in [-0.3, -0.25) is 9.82 Å². The van der Waals surface area contributed by atoms with Crippen LogP contribution < -0.4 is 4.72 Å². The quantitative estimate of drug-likeness (QED) is 0.363. The van der Waals surface area contributed by atoms with Gasteiger partial charge in [0.25, 0.3) is 0 Å². The van der Waals surface area contributed by atoms with Gasteiger partial charge in [0.15, 0.2) is 0 Å². The Balaban J connectivity index is 1.57. The van der Waals surface area contributed by atoms with Crippen LogP contribution in [0.5, 0.6) is 0 Å². The van der Waals surface area contributed by atoms with E-state index in [9.17, 15) is 13.7 Å². The van der Waals surface area contributed by atoms with Gasteiger partial charge in [0.2, 0.25) is 10.0 Å². The van der Waals surface area contributed by atoms with Crippen LogP contribution in [0.15, 0.2) is 67.0 Å². The summed E-state index contributed by atoms with van der Waals surface area (Å²) in [6, 6.07) is 19.6. The number of benzene rings is 2. The molecule has 0 radical (unpaired) electrons. The van der Waals surface area contributed by atoms with Crippen molar-refractivity contribution < 1.29 is 8.42 Å². The number of anilines is 1. The molecule has 0 fully saturated rings. The molecule has 0 saturated carbocycles. The van der Waals surface area contributed by atoms with Gasteiger partial charge in [0, 0.05) is 28.1 Å². The van der Waals surface area contributed by atoms with Crippen LogP contribution in [-0.2, 0) is 15.4 Å². The number of nitriles is 1. The fraction of sp³-hybridized carbons (Fsp3) is 0.154. The molecule has 0 atom stereocenters. The molecule has 0 amide bonds. The Labute approximate surface area is 202 Å². The molecule has 2 N–H and O–H groups in total. The van der Waals surface area contributed by atoms with E-state index in [1.165, 1.54) is 0 Å². The van der Waals surface area contributed by atoms with E-state index < -0.39 is 15.4 Å². The Kier molecular flexibility index (Phi) is 5.26. The lowest BCUT2D eigenvalue weighted by Gasteiger charge is -2.16. The van der Waals surface area contributed by atoms with Crippen molar-refractivity contribution in [1.82, 2.24) is 20.2 Å². The summed E-state index contributed by atoms with van der Waals surface area (Å²) < 4.78 is 25.2. The Morgan fingerprint density at radius 3 is 2.31 bits per heavy atom. The second-order valence-corrected chi connectivity index (χ2v) is 10.7. The molecule has 0 aliphatic heterocycles. The number of aromatic amines is 1. The number of H-pyrrole nitrogens is 1. The highest BCUT2D eigenvalue weighted by atomic mass is 32.2. The summed E-state index contributed by atoms with van der Waals surface area (Å²) in [5.41, 5.74) is 5.52. The molecule has 0 aliphatic carbocycles. The number of hydrogen-bond donors (Lipinski definition) is 2. The number of aromatic nitrogens is 4. The van der Waals surface area contributed by atoms with E-state index in [1.807, 2.05) is 62.4 Å². The summed E-state index contributed by atoms with van der Waals surface area (Å²) in [6.45, 7) is 3.79. The van der Waals surface area contributed by atoms with E-state index in [-0.39, 0.29) is 5.82 Å². The number of pyridine rings is 2. The molecule has 0 bridgehead atoms. The van der Waals surface area contributed by atoms with Crippen LogP contribution in [0.25, 0.3) is 44.2 Å². The molecule has 35 heavy (non-hydrogen) atoms. The van der Waals surface area contributed by atoms with Crippen molar-refractivity contribution >= 4 is 37.6 Å². The van der Waals surface area contributed by atoms with E-state index in [0.29, 0.717) is 0 Å². The highest BCUT2D eigenvalue weighted by molar-refractivity contribution is 7.92. The van der Waals surface area contributed by atoms with Crippen LogP contribution in [0.2, 0.25) is 0 Å². The first-order valence-electron chi connectivity index (χ1n) is 10.9. The van der Waals surface area contributed by atoms with E-state index in [2.05, 4.69) is 26.0 Å². The SMILES string of the molecule is CC(C)(C#N)c1ccc(-c2nc3ccc(-c4ccc(NS(C)(=O)=O)nc4)cc3c3cn[nH]c23)cc1. The van der Waals surface area contributed by atoms with Crippen molar-refractivity contribution in [3.8, 4) is 28.5 Å². The van der Waals surface area contributed by atoms with E-state index >= 15 is 0 Å². The second kappa shape index (κ2) is 8.18. The van der Waals surface area contributed by atoms with Gasteiger partial charge in [-0.05, 0) is 49.2 Å². The lowest BCUT2D eigenvalue weighted by Crippen LogP contribution is -2.13. The molecule has 0 saturated heterocycles. The third-order valence-electron chi connectivity index (χ3n) is 5.94. The average Bonchev–Trinajstić information content (AvgIpc) is 3.33. The number of sulfonamides is 1. The smallest absolute Gasteiger partial charge is 0.230 e. The summed E-state index contributed by atoms with van der Waals surface area (Å²) in [4.78, 5) is 9.13. The predicted octanol–water partition coefficient (Wildman–Crippen LogP) is 5.01. The van der Waals surface area contributed by atoms with E-state index in [0.717, 1.165) is 56.0 Å². The highest BCUT2D eigenvalue weighted by Gasteiger charge is 2.20. The van der Waals surface area contributed by atoms with Crippen molar-refractivity contribution in [2.24, 2.45) is 0 Å². The normalized spacial score (nSPS) is 12.1. The summed E-state index contributed by atoms with van der Waals surface area (Å²) in [7, 11) is -3.39. The summed E-state index contributed by atoms with van der Waals surface area (Å²) in [5.74, 6) is 0.268. The number of rotatable bonds is 5. The maximum absolute atomic E-state index is 11.4. The van der Waals surface area contributed by atoms with Crippen LogP contribution in [0, 0.1) is 11.3 Å². The van der Waals surface area contributed by atoms with Crippen molar-refractivity contribution in [3.05, 3.63) is 72.6 Å². The fourth-order valence-corrected chi connectivity index (χ4v) is 4.51. The average molecular weight is 483 g/mol. The number of fused-ring (bicyclic) bond motifs is 3. The van der Waals surface area contributed by atoms with Gasteiger partial charge in [-0.2, -0.15) is 10.4 Å². The summed E-state index contributed by atoms with van der Waals surface area (Å²) in [6.07, 6.45) is 4.51. The van der Waals surface area contributed by atoms with Crippen LogP contribution >= 0.6 is 0 Å². The van der Waals surface area contributed by atoms with Crippen molar-refractivity contribution in [2.75, 3.05) is 11.0 Å². The lowest BCUT2D eigenvalue weighted by molar-refractivity contribution is 0.606. The van der Waals surface area contributed by atoms with E-state index in [4.69, 9.17) is 4.98 Å². The third kappa shape index (κ3) is 4.32. The first kappa shape index (κ1) is 22.5. The van der Waals surface area contributed by atoms with Crippen LogP contribution in [0.1, 0.15) is 19.4 Å². The molecule has 3 heterocycles. The molecule has 5 rings (SSSR count). The molecule has 5 aromatic rings. The zero-order valence-corrected chi connectivity index (χ0v) is 20.2. The zero-order chi connectivity index (χ0) is 24.8. The lowest BCUT2D eigenvalue weighted by atomic mass is 9.86. The van der Waals surface area contributed by atoms with Crippen molar-refractivity contribution in [1.29, 1.82) is 5.26 Å². The van der Waals surface area contributed by atoms with Crippen molar-refractivity contribution in [3.63, 3.8) is 0 Å². The summed E-state index contributed by atoms with van der Waals surface area (Å²) >= 11 is 0. The molecular weight excluding hydrogens is 460 g/mol. The predicted molar refractivity (Wildman–Crippen MR) is 137 cm³/mol. The molecule has 9 heteroatoms. The van der Waals surface area contributed by atoms with Gasteiger partial charge in [0.1, 0.15) is 5.82 Å². The van der Waals surface area contributed by atoms with Gasteiger partial charge in [-0.15, -0.1) is 0 Å². The molecular formula is C26H22N6O2S. The standard InChI is InChI=1S/C26H22N6O2S/c1-26(2,15-27)19-8-4-16(5-9-19)24-25-21(14-29-31-25)20-12-17(6-10-22(20)30-24)18-7-11-23(28-13-18)32-35(3,33)34/h4-14H,1-3H3,(H,28,32)(H,29,31). The largest absolute Gasteiger partial charge is 0.276 e. The number of hydrogen-bond acceptors (Lipinski definition) is 6. The van der Waals surface area contributed by atoms with Gasteiger partial charge in [-0.1, -0.05) is 30.3 Å². The molecule has 174 valence electrons. The second-order valence-electron chi connectivity index (χ2n) is 8.97. The monoisotopic (exact) mass is 482 g/mol. The third-order valence-corrected chi connectivity index (χ3v) is 6.52. The molecule has 8 nitrogen and oxygen atoms in total. The van der Waals surface area contributed by atoms with Gasteiger partial charge >= 0.3 is 0 Å². The molecule has 0 spiro atoms. The highest BCUT2D eigenvalue weighted by Crippen LogP contribution is 2.34. The van der Waals surface area contributed by atoms with Gasteiger partial charge in [0.05, 0.1) is 40.7 Å². The van der Waals surface area contributed by atoms with Crippen molar-refractivity contribution in [2.45, 2.75) is 19.3 Å². The Bertz CT molecular complexity index is 1710. The molecule has 0 aliphatic rings. The minimum absolute atomic E-state index is 0.268. The topological polar surface area (TPSA) is 124 Å². The van der Waals surface area contributed by atoms with Crippen LogP contribution in [0.4, 0.5) is 5.82 Å². The Morgan fingerprint density at radius 1 is 0.943 bits per heavy atom. The zero-order valence-electron chi connectivity index (χ0n) is 19.4. The van der Waals surface area contributed by atoms with Crippen LogP contribution in [0.3, 0.4) is 0 Å². The first-order valence-corrected chi connectivity index (χ1v) is 12.8. The molecule has 0 unspecified atom stereocenters. The maximum Gasteiger partial charge on any atom is 0.230 e. The molecule has 3 aromatic heterocycles. The van der Waals surface area contributed by atoms with Gasteiger partial charge in [-0.25, -0.2) is 18.4 Å². The maximum atomic E-state index is 11.4. The minimum Gasteiger partial charge on any atom is -0.276 e. The summed E-state index contributed by atoms with van der Waals surface area (Å²) in [5, 5.41) is 18.7. The first-order chi connectivity index (χ1) is 16.6. The number of nitrogens with one attached hydrogen (secondary N) is 2. The van der Waals surface area contributed by atoms with Gasteiger partial charge < -0.3 is 0 Å². The number of nitrogens with zero attached hydrogens (tertiary/aromatic N) is 4.